The number of oxime groups is 1. The van der Waals surface area contributed by atoms with Gasteiger partial charge in [0, 0.05) is 12.3 Å². The van der Waals surface area contributed by atoms with E-state index in [1.807, 2.05) is 60.7 Å². The van der Waals surface area contributed by atoms with Crippen LogP contribution in [0.3, 0.4) is 0 Å². The van der Waals surface area contributed by atoms with E-state index >= 15 is 0 Å². The van der Waals surface area contributed by atoms with Crippen molar-refractivity contribution < 1.29 is 38.3 Å². The molecule has 2 aromatic carbocycles. The first-order chi connectivity index (χ1) is 20.2. The minimum Gasteiger partial charge on any atom is -0.466 e. The summed E-state index contributed by atoms with van der Waals surface area (Å²) in [6.45, 7) is 3.24. The average Bonchev–Trinajstić information content (AvgIpc) is 3.04. The van der Waals surface area contributed by atoms with E-state index in [4.69, 9.17) is 21.2 Å². The first-order valence-corrected chi connectivity index (χ1v) is 14.4. The smallest absolute Gasteiger partial charge is 0.346 e. The van der Waals surface area contributed by atoms with Gasteiger partial charge in [-0.3, -0.25) is 19.2 Å². The quantitative estimate of drug-likeness (QED) is 0.0726. The Labute approximate surface area is 251 Å². The molecule has 2 heterocycles. The van der Waals surface area contributed by atoms with Gasteiger partial charge >= 0.3 is 11.9 Å². The molecule has 2 aromatic rings. The molecule has 2 aliphatic heterocycles. The Kier molecular flexibility index (Phi) is 10.0. The molecule has 2 amide bonds. The van der Waals surface area contributed by atoms with Crippen molar-refractivity contribution in [1.29, 1.82) is 0 Å². The number of hydrogen-bond acceptors (Lipinski definition) is 10. The highest BCUT2D eigenvalue weighted by molar-refractivity contribution is 8.00. The number of ketones is 1. The molecule has 11 nitrogen and oxygen atoms in total. The van der Waals surface area contributed by atoms with Crippen LogP contribution in [-0.2, 0) is 38.3 Å². The lowest BCUT2D eigenvalue weighted by Gasteiger charge is -2.53. The van der Waals surface area contributed by atoms with Crippen molar-refractivity contribution in [2.24, 2.45) is 10.6 Å². The number of methoxy groups -OCH3 is 1. The van der Waals surface area contributed by atoms with Gasteiger partial charge in [0.1, 0.15) is 16.8 Å². The van der Waals surface area contributed by atoms with E-state index in [0.29, 0.717) is 0 Å². The molecule has 0 radical (unpaired) electrons. The number of thioether (sulfide) groups is 1. The number of nitrogens with one attached hydrogen (secondary N) is 1. The summed E-state index contributed by atoms with van der Waals surface area (Å²) in [5, 5.41) is 5.40. The summed E-state index contributed by atoms with van der Waals surface area (Å²) in [6.07, 6.45) is 0.824. The number of esters is 2. The molecule has 2 saturated heterocycles. The van der Waals surface area contributed by atoms with Gasteiger partial charge in [-0.1, -0.05) is 71.9 Å². The highest BCUT2D eigenvalue weighted by Gasteiger charge is 2.57. The molecule has 0 aromatic heterocycles. The maximum absolute atomic E-state index is 13.7. The first kappa shape index (κ1) is 30.8. The van der Waals surface area contributed by atoms with Gasteiger partial charge in [-0.15, -0.1) is 29.9 Å². The average molecular weight is 614 g/mol. The number of rotatable bonds is 12. The van der Waals surface area contributed by atoms with E-state index in [1.54, 1.807) is 0 Å². The highest BCUT2D eigenvalue weighted by Crippen LogP contribution is 2.44. The molecule has 4 rings (SSSR count). The van der Waals surface area contributed by atoms with Gasteiger partial charge < -0.3 is 24.5 Å². The summed E-state index contributed by atoms with van der Waals surface area (Å²) in [4.78, 5) is 69.2. The number of Topliss-reactive ketones (excluding diaryl/α,β-unsaturated/α-hetero) is 1. The molecule has 13 heteroatoms. The number of β-lactam (4-membered cyclic amide) rings is 1. The second-order valence-corrected chi connectivity index (χ2v) is 10.8. The zero-order valence-corrected chi connectivity index (χ0v) is 24.1. The number of benzene rings is 2. The van der Waals surface area contributed by atoms with Gasteiger partial charge in [0.05, 0.1) is 13.0 Å². The maximum atomic E-state index is 13.7. The van der Waals surface area contributed by atoms with Crippen molar-refractivity contribution in [2.75, 3.05) is 31.9 Å². The third-order valence-corrected chi connectivity index (χ3v) is 8.58. The molecule has 2 unspecified atom stereocenters. The number of amides is 2. The Morgan fingerprint density at radius 3 is 2.31 bits per heavy atom. The topological polar surface area (TPSA) is 141 Å². The Balaban J connectivity index is 1.45. The number of hydrogen-bond donors (Lipinski definition) is 1. The molecule has 42 heavy (non-hydrogen) atoms. The van der Waals surface area contributed by atoms with E-state index < -0.39 is 70.7 Å². The normalized spacial score (nSPS) is 21.5. The lowest BCUT2D eigenvalue weighted by molar-refractivity contribution is -0.162. The fraction of sp³-hybridized carbons (Fsp3) is 0.310. The molecule has 3 atom stereocenters. The summed E-state index contributed by atoms with van der Waals surface area (Å²) in [5.74, 6) is -3.97. The van der Waals surface area contributed by atoms with Crippen LogP contribution in [0.4, 0.5) is 0 Å². The number of ether oxygens (including phenoxy) is 2. The SMILES string of the molecule is C=CC1(C(=O)OC(c2ccccc2)c2ccccc2)CS[C@@H]2C(NC(=O)C(=NOCC(=O)OC)C(=O)CCl)C(=O)N2C1. The minimum atomic E-state index is -1.20. The van der Waals surface area contributed by atoms with Gasteiger partial charge in [-0.05, 0) is 11.1 Å². The number of fused-ring (bicyclic) bond motifs is 1. The van der Waals surface area contributed by atoms with Crippen LogP contribution in [0.5, 0.6) is 0 Å². The van der Waals surface area contributed by atoms with Crippen molar-refractivity contribution in [1.82, 2.24) is 10.2 Å². The zero-order chi connectivity index (χ0) is 30.3. The van der Waals surface area contributed by atoms with Crippen molar-refractivity contribution in [3.05, 3.63) is 84.4 Å². The van der Waals surface area contributed by atoms with Crippen LogP contribution in [0, 0.1) is 5.41 Å². The summed E-state index contributed by atoms with van der Waals surface area (Å²) >= 11 is 6.86. The van der Waals surface area contributed by atoms with Crippen molar-refractivity contribution >= 4 is 58.6 Å². The summed E-state index contributed by atoms with van der Waals surface area (Å²) < 4.78 is 10.5. The molecule has 0 spiro atoms. The van der Waals surface area contributed by atoms with E-state index in [1.165, 1.54) is 22.7 Å². The molecule has 0 saturated carbocycles. The third-order valence-electron chi connectivity index (χ3n) is 6.79. The molecular formula is C29H28ClN3O8S. The van der Waals surface area contributed by atoms with E-state index in [-0.39, 0.29) is 12.3 Å². The standard InChI is InChI=1S/C29H28ClN3O8S/c1-3-29(28(38)41-24(18-10-6-4-7-11-18)19-12-8-5-9-13-19)16-33-26(37)23(27(33)42-17-29)31-25(36)22(20(34)14-30)32-40-15-21(35)39-2/h3-13,23-24,27H,1,14-17H2,2H3,(H,31,36)/t23?,27-,29?/m1/s1. The minimum absolute atomic E-state index is 0.00169. The lowest BCUT2D eigenvalue weighted by atomic mass is 9.87. The molecule has 2 fully saturated rings. The van der Waals surface area contributed by atoms with Gasteiger partial charge in [0.2, 0.25) is 24.0 Å². The van der Waals surface area contributed by atoms with Crippen LogP contribution in [0.2, 0.25) is 0 Å². The van der Waals surface area contributed by atoms with E-state index in [2.05, 4.69) is 21.8 Å². The van der Waals surface area contributed by atoms with Crippen LogP contribution in [-0.4, -0.2) is 83.5 Å². The summed E-state index contributed by atoms with van der Waals surface area (Å²) in [6, 6.07) is 17.7. The van der Waals surface area contributed by atoms with Crippen LogP contribution in [0.15, 0.2) is 78.5 Å². The van der Waals surface area contributed by atoms with Crippen LogP contribution in [0.25, 0.3) is 0 Å². The number of carbonyl (C=O) groups is 5. The van der Waals surface area contributed by atoms with E-state index in [0.717, 1.165) is 18.2 Å². The third kappa shape index (κ3) is 6.50. The number of nitrogens with zero attached hydrogens (tertiary/aromatic N) is 2. The number of alkyl halides is 1. The van der Waals surface area contributed by atoms with Crippen LogP contribution >= 0.6 is 23.4 Å². The highest BCUT2D eigenvalue weighted by atomic mass is 35.5. The van der Waals surface area contributed by atoms with Crippen molar-refractivity contribution in [2.45, 2.75) is 17.5 Å². The van der Waals surface area contributed by atoms with Crippen molar-refractivity contribution in [3.63, 3.8) is 0 Å². The van der Waals surface area contributed by atoms with Gasteiger partial charge in [0.25, 0.3) is 5.91 Å². The van der Waals surface area contributed by atoms with Gasteiger partial charge in [0.15, 0.2) is 6.10 Å². The van der Waals surface area contributed by atoms with Crippen LogP contribution < -0.4 is 5.32 Å². The first-order valence-electron chi connectivity index (χ1n) is 12.8. The predicted molar refractivity (Wildman–Crippen MR) is 154 cm³/mol. The molecule has 1 N–H and O–H groups in total. The second kappa shape index (κ2) is 13.7. The fourth-order valence-electron chi connectivity index (χ4n) is 4.43. The summed E-state index contributed by atoms with van der Waals surface area (Å²) in [5.41, 5.74) is -0.311. The molecule has 2 aliphatic rings. The largest absolute Gasteiger partial charge is 0.466 e. The van der Waals surface area contributed by atoms with Crippen LogP contribution in [0.1, 0.15) is 17.2 Å². The molecule has 0 bridgehead atoms. The lowest BCUT2D eigenvalue weighted by Crippen LogP contribution is -2.74. The molecule has 0 aliphatic carbocycles. The molecular weight excluding hydrogens is 586 g/mol. The van der Waals surface area contributed by atoms with Crippen molar-refractivity contribution in [3.8, 4) is 0 Å². The Morgan fingerprint density at radius 1 is 1.14 bits per heavy atom. The van der Waals surface area contributed by atoms with Gasteiger partial charge in [-0.2, -0.15) is 0 Å². The Morgan fingerprint density at radius 2 is 1.76 bits per heavy atom. The predicted octanol–water partition coefficient (Wildman–Crippen LogP) is 2.24. The number of carbonyl (C=O) groups excluding carboxylic acids is 5. The Bertz CT molecular complexity index is 1350. The second-order valence-electron chi connectivity index (χ2n) is 9.43. The maximum Gasteiger partial charge on any atom is 0.346 e. The zero-order valence-electron chi connectivity index (χ0n) is 22.6. The fourth-order valence-corrected chi connectivity index (χ4v) is 6.09. The van der Waals surface area contributed by atoms with E-state index in [9.17, 15) is 24.0 Å². The summed E-state index contributed by atoms with van der Waals surface area (Å²) in [7, 11) is 1.13. The monoisotopic (exact) mass is 613 g/mol. The molecule has 220 valence electrons. The number of halogens is 1. The Hall–Kier alpha value is -4.16. The van der Waals surface area contributed by atoms with Gasteiger partial charge in [-0.25, -0.2) is 4.79 Å².